The first-order valence-corrected chi connectivity index (χ1v) is 9.33. The molecule has 2 aromatic carbocycles. The first-order chi connectivity index (χ1) is 13.7. The quantitative estimate of drug-likeness (QED) is 0.420. The predicted octanol–water partition coefficient (Wildman–Crippen LogP) is 3.43. The van der Waals surface area contributed by atoms with Crippen LogP contribution in [-0.2, 0) is 13.0 Å². The first-order valence-electron chi connectivity index (χ1n) is 8.95. The fraction of sp³-hybridized carbons (Fsp3) is 0.143. The molecule has 0 saturated heterocycles. The summed E-state index contributed by atoms with van der Waals surface area (Å²) in [5.74, 6) is 0.994. The number of anilines is 1. The molecule has 1 aromatic heterocycles. The Labute approximate surface area is 168 Å². The van der Waals surface area contributed by atoms with Crippen molar-refractivity contribution in [3.8, 4) is 0 Å². The normalized spacial score (nSPS) is 14.3. The van der Waals surface area contributed by atoms with Gasteiger partial charge < -0.3 is 10.6 Å². The van der Waals surface area contributed by atoms with E-state index in [1.807, 2.05) is 12.1 Å². The predicted molar refractivity (Wildman–Crippen MR) is 113 cm³/mol. The van der Waals surface area contributed by atoms with E-state index in [0.29, 0.717) is 10.7 Å². The average molecular weight is 391 g/mol. The van der Waals surface area contributed by atoms with E-state index in [1.54, 1.807) is 30.7 Å². The summed E-state index contributed by atoms with van der Waals surface area (Å²) in [5.41, 5.74) is 10.1. The molecule has 0 spiro atoms. The number of rotatable bonds is 4. The van der Waals surface area contributed by atoms with E-state index in [1.165, 1.54) is 11.1 Å². The van der Waals surface area contributed by atoms with Crippen LogP contribution in [0, 0.1) is 0 Å². The average Bonchev–Trinajstić information content (AvgIpc) is 2.73. The Hall–Kier alpha value is -3.25. The SMILES string of the molecule is N/C(=N\N=C/c1cccc(Cl)c1)c1cncc(N2CCc3ccccc3C2)n1. The summed E-state index contributed by atoms with van der Waals surface area (Å²) in [6.07, 6.45) is 5.92. The number of fused-ring (bicyclic) bond motifs is 1. The summed E-state index contributed by atoms with van der Waals surface area (Å²) in [7, 11) is 0. The zero-order chi connectivity index (χ0) is 19.3. The van der Waals surface area contributed by atoms with Crippen LogP contribution >= 0.6 is 11.6 Å². The van der Waals surface area contributed by atoms with E-state index in [2.05, 4.69) is 49.3 Å². The van der Waals surface area contributed by atoms with Crippen molar-refractivity contribution in [2.24, 2.45) is 15.9 Å². The monoisotopic (exact) mass is 390 g/mol. The molecule has 0 aliphatic carbocycles. The Morgan fingerprint density at radius 3 is 2.82 bits per heavy atom. The van der Waals surface area contributed by atoms with Crippen LogP contribution in [0.1, 0.15) is 22.4 Å². The van der Waals surface area contributed by atoms with Crippen molar-refractivity contribution in [1.82, 2.24) is 9.97 Å². The van der Waals surface area contributed by atoms with Crippen molar-refractivity contribution in [1.29, 1.82) is 0 Å². The van der Waals surface area contributed by atoms with E-state index in [4.69, 9.17) is 17.3 Å². The molecular weight excluding hydrogens is 372 g/mol. The summed E-state index contributed by atoms with van der Waals surface area (Å²) in [4.78, 5) is 11.1. The van der Waals surface area contributed by atoms with Gasteiger partial charge in [-0.15, -0.1) is 5.10 Å². The van der Waals surface area contributed by atoms with E-state index in [-0.39, 0.29) is 5.84 Å². The summed E-state index contributed by atoms with van der Waals surface area (Å²) in [6, 6.07) is 15.8. The Bertz CT molecular complexity index is 1050. The Morgan fingerprint density at radius 2 is 1.96 bits per heavy atom. The van der Waals surface area contributed by atoms with Crippen molar-refractivity contribution in [2.45, 2.75) is 13.0 Å². The van der Waals surface area contributed by atoms with Crippen molar-refractivity contribution >= 4 is 29.5 Å². The molecule has 3 aromatic rings. The molecule has 0 unspecified atom stereocenters. The molecule has 6 nitrogen and oxygen atoms in total. The van der Waals surface area contributed by atoms with Gasteiger partial charge in [0.25, 0.3) is 0 Å². The van der Waals surface area contributed by atoms with Crippen LogP contribution in [0.15, 0.2) is 71.1 Å². The highest BCUT2D eigenvalue weighted by Gasteiger charge is 2.18. The van der Waals surface area contributed by atoms with Crippen molar-refractivity contribution in [3.05, 3.63) is 88.3 Å². The van der Waals surface area contributed by atoms with Crippen LogP contribution in [0.25, 0.3) is 0 Å². The van der Waals surface area contributed by atoms with Crippen LogP contribution in [-0.4, -0.2) is 28.6 Å². The van der Waals surface area contributed by atoms with E-state index < -0.39 is 0 Å². The van der Waals surface area contributed by atoms with E-state index in [0.717, 1.165) is 30.9 Å². The summed E-state index contributed by atoms with van der Waals surface area (Å²) < 4.78 is 0. The van der Waals surface area contributed by atoms with Crippen molar-refractivity contribution in [3.63, 3.8) is 0 Å². The highest BCUT2D eigenvalue weighted by Crippen LogP contribution is 2.22. The van der Waals surface area contributed by atoms with Crippen LogP contribution in [0.5, 0.6) is 0 Å². The van der Waals surface area contributed by atoms with Gasteiger partial charge in [0.1, 0.15) is 11.5 Å². The topological polar surface area (TPSA) is 79.8 Å². The molecule has 4 rings (SSSR count). The number of nitrogens with zero attached hydrogens (tertiary/aromatic N) is 5. The molecule has 140 valence electrons. The van der Waals surface area contributed by atoms with Crippen LogP contribution in [0.4, 0.5) is 5.82 Å². The smallest absolute Gasteiger partial charge is 0.173 e. The molecule has 0 radical (unpaired) electrons. The second-order valence-corrected chi connectivity index (χ2v) is 6.92. The second-order valence-electron chi connectivity index (χ2n) is 6.49. The molecule has 1 aliphatic heterocycles. The lowest BCUT2D eigenvalue weighted by atomic mass is 10.00. The minimum absolute atomic E-state index is 0.213. The maximum Gasteiger partial charge on any atom is 0.173 e. The third kappa shape index (κ3) is 4.18. The number of aromatic nitrogens is 2. The third-order valence-electron chi connectivity index (χ3n) is 4.56. The van der Waals surface area contributed by atoms with Gasteiger partial charge >= 0.3 is 0 Å². The van der Waals surface area contributed by atoms with Crippen LogP contribution in [0.2, 0.25) is 5.02 Å². The second kappa shape index (κ2) is 8.19. The molecule has 1 aliphatic rings. The molecule has 0 bridgehead atoms. The molecule has 0 atom stereocenters. The molecule has 2 heterocycles. The van der Waals surface area contributed by atoms with Crippen LogP contribution < -0.4 is 10.6 Å². The zero-order valence-corrected chi connectivity index (χ0v) is 15.9. The Balaban J connectivity index is 1.50. The van der Waals surface area contributed by atoms with Gasteiger partial charge in [-0.3, -0.25) is 4.98 Å². The Kier molecular flexibility index (Phi) is 5.30. The zero-order valence-electron chi connectivity index (χ0n) is 15.2. The number of hydrogen-bond donors (Lipinski definition) is 1. The summed E-state index contributed by atoms with van der Waals surface area (Å²) in [5, 5.41) is 8.71. The molecule has 28 heavy (non-hydrogen) atoms. The molecule has 2 N–H and O–H groups in total. The largest absolute Gasteiger partial charge is 0.380 e. The van der Waals surface area contributed by atoms with Gasteiger partial charge in [-0.2, -0.15) is 5.10 Å². The molecular formula is C21H19ClN6. The molecule has 0 fully saturated rings. The van der Waals surface area contributed by atoms with E-state index >= 15 is 0 Å². The first kappa shape index (κ1) is 18.1. The number of benzene rings is 2. The van der Waals surface area contributed by atoms with Crippen LogP contribution in [0.3, 0.4) is 0 Å². The summed E-state index contributed by atoms with van der Waals surface area (Å²) in [6.45, 7) is 1.69. The van der Waals surface area contributed by atoms with E-state index in [9.17, 15) is 0 Å². The van der Waals surface area contributed by atoms with Gasteiger partial charge in [0, 0.05) is 18.1 Å². The minimum Gasteiger partial charge on any atom is -0.380 e. The number of hydrogen-bond acceptors (Lipinski definition) is 5. The lowest BCUT2D eigenvalue weighted by molar-refractivity contribution is 0.718. The lowest BCUT2D eigenvalue weighted by Gasteiger charge is -2.29. The number of halogens is 1. The Morgan fingerprint density at radius 1 is 1.11 bits per heavy atom. The van der Waals surface area contributed by atoms with Gasteiger partial charge in [-0.05, 0) is 35.2 Å². The van der Waals surface area contributed by atoms with Crippen molar-refractivity contribution in [2.75, 3.05) is 11.4 Å². The summed E-state index contributed by atoms with van der Waals surface area (Å²) >= 11 is 5.96. The van der Waals surface area contributed by atoms with Gasteiger partial charge in [-0.1, -0.05) is 48.0 Å². The maximum atomic E-state index is 6.05. The molecule has 7 heteroatoms. The maximum absolute atomic E-state index is 6.05. The third-order valence-corrected chi connectivity index (χ3v) is 4.79. The number of nitrogens with two attached hydrogens (primary N) is 1. The molecule has 0 amide bonds. The molecule has 0 saturated carbocycles. The van der Waals surface area contributed by atoms with Gasteiger partial charge in [0.05, 0.1) is 18.6 Å². The fourth-order valence-electron chi connectivity index (χ4n) is 3.12. The van der Waals surface area contributed by atoms with Gasteiger partial charge in [0.2, 0.25) is 0 Å². The standard InChI is InChI=1S/C21H19ClN6/c22-18-7-3-4-15(10-18)11-25-27-21(23)19-12-24-13-20(26-19)28-9-8-16-5-1-2-6-17(16)14-28/h1-7,10-13H,8-9,14H2,(H2,23,27)/b25-11-. The highest BCUT2D eigenvalue weighted by molar-refractivity contribution is 6.30. The van der Waals surface area contributed by atoms with Crippen molar-refractivity contribution < 1.29 is 0 Å². The van der Waals surface area contributed by atoms with Gasteiger partial charge in [-0.25, -0.2) is 4.98 Å². The highest BCUT2D eigenvalue weighted by atomic mass is 35.5. The fourth-order valence-corrected chi connectivity index (χ4v) is 3.32. The minimum atomic E-state index is 0.213. The van der Waals surface area contributed by atoms with Gasteiger partial charge in [0.15, 0.2) is 5.84 Å². The lowest BCUT2D eigenvalue weighted by Crippen LogP contribution is -2.31. The number of amidine groups is 1.